The Balaban J connectivity index is 2.09. The van der Waals surface area contributed by atoms with Gasteiger partial charge < -0.3 is 10.6 Å². The van der Waals surface area contributed by atoms with Gasteiger partial charge in [-0.1, -0.05) is 12.1 Å². The maximum absolute atomic E-state index is 11.5. The molecule has 0 bridgehead atoms. The largest absolute Gasteiger partial charge is 0.353 e. The zero-order valence-corrected chi connectivity index (χ0v) is 9.18. The van der Waals surface area contributed by atoms with Gasteiger partial charge in [0.15, 0.2) is 0 Å². The van der Waals surface area contributed by atoms with Crippen LogP contribution in [0.5, 0.6) is 0 Å². The Hall–Kier alpha value is -1.95. The van der Waals surface area contributed by atoms with Gasteiger partial charge in [0.1, 0.15) is 0 Å². The van der Waals surface area contributed by atoms with E-state index < -0.39 is 4.92 Å². The number of nitro groups is 1. The Morgan fingerprint density at radius 2 is 2.24 bits per heavy atom. The lowest BCUT2D eigenvalue weighted by atomic mass is 10.0. The first-order chi connectivity index (χ1) is 8.16. The van der Waals surface area contributed by atoms with Crippen molar-refractivity contribution >= 4 is 11.6 Å². The number of nitro benzene ring substituents is 1. The molecule has 2 rings (SSSR count). The molecule has 0 aromatic heterocycles. The van der Waals surface area contributed by atoms with E-state index in [0.717, 1.165) is 12.1 Å². The second kappa shape index (κ2) is 4.92. The summed E-state index contributed by atoms with van der Waals surface area (Å²) >= 11 is 0. The van der Waals surface area contributed by atoms with Crippen LogP contribution >= 0.6 is 0 Å². The van der Waals surface area contributed by atoms with Crippen molar-refractivity contribution in [2.75, 3.05) is 13.1 Å². The fourth-order valence-electron chi connectivity index (χ4n) is 1.85. The number of benzene rings is 1. The molecule has 1 saturated heterocycles. The van der Waals surface area contributed by atoms with E-state index >= 15 is 0 Å². The summed E-state index contributed by atoms with van der Waals surface area (Å²) in [4.78, 5) is 21.7. The van der Waals surface area contributed by atoms with Crippen LogP contribution in [-0.2, 0) is 11.2 Å². The maximum Gasteiger partial charge on any atom is 0.269 e. The molecule has 1 aromatic rings. The predicted molar refractivity (Wildman–Crippen MR) is 61.6 cm³/mol. The average molecular weight is 235 g/mol. The first-order valence-corrected chi connectivity index (χ1v) is 5.41. The molecular formula is C11H13N3O3. The highest BCUT2D eigenvalue weighted by molar-refractivity contribution is 5.82. The highest BCUT2D eigenvalue weighted by Gasteiger charge is 2.21. The highest BCUT2D eigenvalue weighted by Crippen LogP contribution is 2.14. The van der Waals surface area contributed by atoms with Crippen LogP contribution in [0, 0.1) is 10.1 Å². The van der Waals surface area contributed by atoms with Crippen molar-refractivity contribution in [1.29, 1.82) is 0 Å². The van der Waals surface area contributed by atoms with Gasteiger partial charge in [0, 0.05) is 25.2 Å². The van der Waals surface area contributed by atoms with Crippen LogP contribution in [0.4, 0.5) is 5.69 Å². The van der Waals surface area contributed by atoms with Crippen LogP contribution < -0.4 is 10.6 Å². The molecule has 17 heavy (non-hydrogen) atoms. The minimum absolute atomic E-state index is 0.0530. The lowest BCUT2D eigenvalue weighted by Crippen LogP contribution is -2.53. The number of nitrogens with zero attached hydrogens (tertiary/aromatic N) is 1. The zero-order chi connectivity index (χ0) is 12.3. The van der Waals surface area contributed by atoms with Gasteiger partial charge in [-0.2, -0.15) is 0 Å². The molecule has 0 spiro atoms. The smallest absolute Gasteiger partial charge is 0.269 e. The van der Waals surface area contributed by atoms with Gasteiger partial charge >= 0.3 is 0 Å². The molecule has 1 atom stereocenters. The number of nitrogens with one attached hydrogen (secondary N) is 2. The lowest BCUT2D eigenvalue weighted by molar-refractivity contribution is -0.384. The molecule has 90 valence electrons. The van der Waals surface area contributed by atoms with Crippen molar-refractivity contribution in [3.8, 4) is 0 Å². The van der Waals surface area contributed by atoms with E-state index in [1.54, 1.807) is 12.1 Å². The number of carbonyl (C=O) groups excluding carboxylic acids is 1. The van der Waals surface area contributed by atoms with E-state index in [1.165, 1.54) is 12.1 Å². The van der Waals surface area contributed by atoms with Crippen LogP contribution in [-0.4, -0.2) is 30.0 Å². The van der Waals surface area contributed by atoms with Gasteiger partial charge in [0.2, 0.25) is 5.91 Å². The van der Waals surface area contributed by atoms with Crippen molar-refractivity contribution in [3.63, 3.8) is 0 Å². The van der Waals surface area contributed by atoms with Gasteiger partial charge in [-0.3, -0.25) is 14.9 Å². The Kier molecular flexibility index (Phi) is 3.34. The molecule has 1 aromatic carbocycles. The quantitative estimate of drug-likeness (QED) is 0.580. The maximum atomic E-state index is 11.5. The number of hydrogen-bond donors (Lipinski definition) is 2. The molecule has 2 N–H and O–H groups in total. The summed E-state index contributed by atoms with van der Waals surface area (Å²) in [5.74, 6) is -0.0530. The van der Waals surface area contributed by atoms with E-state index in [1.807, 2.05) is 0 Å². The molecule has 0 aliphatic carbocycles. The molecule has 1 fully saturated rings. The Bertz CT molecular complexity index is 447. The second-order valence-corrected chi connectivity index (χ2v) is 3.93. The molecule has 0 saturated carbocycles. The number of carbonyl (C=O) groups is 1. The standard InChI is InChI=1S/C11H13N3O3/c15-11-10(12-4-5-13-11)7-8-2-1-3-9(6-8)14(16)17/h1-3,6,10,12H,4-5,7H2,(H,13,15)/t10-/m1/s1. The van der Waals surface area contributed by atoms with Gasteiger partial charge in [-0.15, -0.1) is 0 Å². The van der Waals surface area contributed by atoms with Crippen molar-refractivity contribution in [3.05, 3.63) is 39.9 Å². The normalized spacial score (nSPS) is 19.8. The third-order valence-electron chi connectivity index (χ3n) is 2.69. The molecule has 1 aliphatic heterocycles. The molecule has 1 amide bonds. The average Bonchev–Trinajstić information content (AvgIpc) is 2.32. The van der Waals surface area contributed by atoms with E-state index in [4.69, 9.17) is 0 Å². The van der Waals surface area contributed by atoms with Gasteiger partial charge in [0.25, 0.3) is 5.69 Å². The van der Waals surface area contributed by atoms with Crippen molar-refractivity contribution in [2.24, 2.45) is 0 Å². The Morgan fingerprint density at radius 1 is 1.41 bits per heavy atom. The van der Waals surface area contributed by atoms with Crippen molar-refractivity contribution in [1.82, 2.24) is 10.6 Å². The lowest BCUT2D eigenvalue weighted by Gasteiger charge is -2.23. The number of rotatable bonds is 3. The summed E-state index contributed by atoms with van der Waals surface area (Å²) in [6.07, 6.45) is 0.466. The first kappa shape index (κ1) is 11.5. The SMILES string of the molecule is O=C1NCCN[C@@H]1Cc1cccc([N+](=O)[O-])c1. The topological polar surface area (TPSA) is 84.3 Å². The first-order valence-electron chi connectivity index (χ1n) is 5.41. The van der Waals surface area contributed by atoms with E-state index in [-0.39, 0.29) is 17.6 Å². The van der Waals surface area contributed by atoms with Crippen molar-refractivity contribution < 1.29 is 9.72 Å². The summed E-state index contributed by atoms with van der Waals surface area (Å²) in [5.41, 5.74) is 0.840. The van der Waals surface area contributed by atoms with Crippen LogP contribution in [0.3, 0.4) is 0 Å². The molecule has 1 aliphatic rings. The number of hydrogen-bond acceptors (Lipinski definition) is 4. The zero-order valence-electron chi connectivity index (χ0n) is 9.18. The fourth-order valence-corrected chi connectivity index (χ4v) is 1.85. The summed E-state index contributed by atoms with van der Waals surface area (Å²) in [6, 6.07) is 6.07. The minimum Gasteiger partial charge on any atom is -0.353 e. The summed E-state index contributed by atoms with van der Waals surface area (Å²) in [6.45, 7) is 1.36. The molecule has 0 unspecified atom stereocenters. The van der Waals surface area contributed by atoms with Crippen molar-refractivity contribution in [2.45, 2.75) is 12.5 Å². The van der Waals surface area contributed by atoms with Crippen LogP contribution in [0.25, 0.3) is 0 Å². The molecule has 6 heteroatoms. The van der Waals surface area contributed by atoms with Gasteiger partial charge in [-0.25, -0.2) is 0 Å². The van der Waals surface area contributed by atoms with E-state index in [0.29, 0.717) is 13.0 Å². The summed E-state index contributed by atoms with van der Waals surface area (Å²) in [5, 5.41) is 16.5. The Morgan fingerprint density at radius 3 is 2.94 bits per heavy atom. The summed E-state index contributed by atoms with van der Waals surface area (Å²) in [7, 11) is 0. The Labute approximate surface area is 98.2 Å². The van der Waals surface area contributed by atoms with Gasteiger partial charge in [-0.05, 0) is 12.0 Å². The number of non-ortho nitro benzene ring substituents is 1. The molecular weight excluding hydrogens is 222 g/mol. The predicted octanol–water partition coefficient (Wildman–Crippen LogP) is 0.225. The third-order valence-corrected chi connectivity index (χ3v) is 2.69. The minimum atomic E-state index is -0.433. The molecule has 1 heterocycles. The molecule has 0 radical (unpaired) electrons. The number of piperazine rings is 1. The van der Waals surface area contributed by atoms with Crippen LogP contribution in [0.15, 0.2) is 24.3 Å². The van der Waals surface area contributed by atoms with Crippen LogP contribution in [0.1, 0.15) is 5.56 Å². The highest BCUT2D eigenvalue weighted by atomic mass is 16.6. The fraction of sp³-hybridized carbons (Fsp3) is 0.364. The molecule has 6 nitrogen and oxygen atoms in total. The third kappa shape index (κ3) is 2.79. The van der Waals surface area contributed by atoms with Crippen LogP contribution in [0.2, 0.25) is 0 Å². The van der Waals surface area contributed by atoms with E-state index in [2.05, 4.69) is 10.6 Å². The van der Waals surface area contributed by atoms with E-state index in [9.17, 15) is 14.9 Å². The second-order valence-electron chi connectivity index (χ2n) is 3.93. The number of amides is 1. The summed E-state index contributed by atoms with van der Waals surface area (Å²) < 4.78 is 0. The monoisotopic (exact) mass is 235 g/mol. The van der Waals surface area contributed by atoms with Gasteiger partial charge in [0.05, 0.1) is 11.0 Å².